The topological polar surface area (TPSA) is 104 Å². The van der Waals surface area contributed by atoms with Crippen LogP contribution in [0.1, 0.15) is 62.3 Å². The quantitative estimate of drug-likeness (QED) is 0.229. The largest absolute Gasteiger partial charge is 0.481 e. The first-order chi connectivity index (χ1) is 21.0. The molecule has 44 heavy (non-hydrogen) atoms. The number of nitrogens with zero attached hydrogens (tertiary/aromatic N) is 2. The summed E-state index contributed by atoms with van der Waals surface area (Å²) >= 11 is 12.6. The fraction of sp³-hybridized carbons (Fsp3) is 0.375. The van der Waals surface area contributed by atoms with Gasteiger partial charge in [-0.1, -0.05) is 66.5 Å². The minimum Gasteiger partial charge on any atom is -0.481 e. The lowest BCUT2D eigenvalue weighted by molar-refractivity contribution is -0.180. The predicted octanol–water partition coefficient (Wildman–Crippen LogP) is 6.78. The summed E-state index contributed by atoms with van der Waals surface area (Å²) in [5, 5.41) is 9.72. The molecular weight excluding hydrogens is 630 g/mol. The van der Waals surface area contributed by atoms with Gasteiger partial charge in [-0.2, -0.15) is 0 Å². The number of para-hydroxylation sites is 1. The van der Waals surface area contributed by atoms with E-state index in [0.29, 0.717) is 40.4 Å². The van der Waals surface area contributed by atoms with Gasteiger partial charge in [-0.25, -0.2) is 12.8 Å². The lowest BCUT2D eigenvalue weighted by Gasteiger charge is -2.49. The Hall–Kier alpha value is -3.18. The molecule has 1 saturated carbocycles. The van der Waals surface area contributed by atoms with Crippen molar-refractivity contribution in [2.45, 2.75) is 68.6 Å². The Morgan fingerprint density at radius 1 is 1.05 bits per heavy atom. The van der Waals surface area contributed by atoms with E-state index < -0.39 is 57.3 Å². The molecule has 1 saturated heterocycles. The van der Waals surface area contributed by atoms with Gasteiger partial charge in [0.2, 0.25) is 10.0 Å². The van der Waals surface area contributed by atoms with Gasteiger partial charge in [0.1, 0.15) is 18.0 Å². The van der Waals surface area contributed by atoms with Crippen LogP contribution in [-0.2, 0) is 24.3 Å². The minimum atomic E-state index is -3.95. The normalized spacial score (nSPS) is 21.2. The van der Waals surface area contributed by atoms with E-state index in [4.69, 9.17) is 27.9 Å². The van der Waals surface area contributed by atoms with E-state index in [2.05, 4.69) is 0 Å². The number of carboxylic acid groups (broad SMARTS) is 1. The van der Waals surface area contributed by atoms with E-state index >= 15 is 4.39 Å². The smallest absolute Gasteiger partial charge is 0.303 e. The van der Waals surface area contributed by atoms with Crippen molar-refractivity contribution in [1.82, 2.24) is 4.90 Å². The van der Waals surface area contributed by atoms with Crippen LogP contribution in [0.3, 0.4) is 0 Å². The molecule has 0 radical (unpaired) electrons. The second-order valence-corrected chi connectivity index (χ2v) is 14.1. The highest BCUT2D eigenvalue weighted by molar-refractivity contribution is 7.93. The number of sulfonamides is 1. The minimum absolute atomic E-state index is 0.0876. The maximum atomic E-state index is 15.2. The average Bonchev–Trinajstić information content (AvgIpc) is 3.85. The van der Waals surface area contributed by atoms with Crippen LogP contribution in [0.4, 0.5) is 10.1 Å². The number of rotatable bonds is 12. The monoisotopic (exact) mass is 662 g/mol. The number of anilines is 1. The fourth-order valence-electron chi connectivity index (χ4n) is 5.70. The molecule has 2 aliphatic rings. The number of ether oxygens (including phenoxy) is 1. The standard InChI is InChI=1S/C32H33Cl2FN2O6S/c1-2-24(19-36(44(41,42)25-14-15-25)27-9-4-3-8-26(27)35)37-30(20-10-12-22(33)13-11-20)31(21-6-5-7-23(34)18-21)43-28(32(37)40)16-17-29(38)39/h3-13,18,24-25,28,30-31H,2,14-17,19H2,1H3,(H,38,39)/t24-,28-,30?,31+/m0/s1. The molecule has 4 atom stereocenters. The number of aliphatic carboxylic acids is 1. The third kappa shape index (κ3) is 6.88. The number of carboxylic acids is 1. The third-order valence-electron chi connectivity index (χ3n) is 8.05. The number of hydrogen-bond donors (Lipinski definition) is 1. The Morgan fingerprint density at radius 2 is 1.75 bits per heavy atom. The molecule has 1 aliphatic heterocycles. The second-order valence-electron chi connectivity index (χ2n) is 11.1. The Balaban J connectivity index is 1.64. The van der Waals surface area contributed by atoms with Gasteiger partial charge in [-0.3, -0.25) is 13.9 Å². The zero-order chi connectivity index (χ0) is 31.6. The van der Waals surface area contributed by atoms with Gasteiger partial charge in [0, 0.05) is 16.5 Å². The van der Waals surface area contributed by atoms with Crippen LogP contribution in [0.15, 0.2) is 72.8 Å². The molecule has 12 heteroatoms. The van der Waals surface area contributed by atoms with Gasteiger partial charge in [0.05, 0.1) is 29.6 Å². The van der Waals surface area contributed by atoms with Crippen molar-refractivity contribution in [2.24, 2.45) is 0 Å². The van der Waals surface area contributed by atoms with Crippen molar-refractivity contribution in [3.63, 3.8) is 0 Å². The van der Waals surface area contributed by atoms with E-state index in [1.54, 1.807) is 53.4 Å². The van der Waals surface area contributed by atoms with E-state index in [-0.39, 0.29) is 25.1 Å². The molecule has 3 aromatic carbocycles. The molecule has 0 spiro atoms. The molecule has 1 N–H and O–H groups in total. The first-order valence-electron chi connectivity index (χ1n) is 14.5. The average molecular weight is 664 g/mol. The first-order valence-corrected chi connectivity index (χ1v) is 16.7. The molecule has 0 aromatic heterocycles. The van der Waals surface area contributed by atoms with Crippen LogP contribution >= 0.6 is 23.2 Å². The summed E-state index contributed by atoms with van der Waals surface area (Å²) in [6.07, 6.45) is -1.06. The van der Waals surface area contributed by atoms with E-state index in [1.807, 2.05) is 13.0 Å². The van der Waals surface area contributed by atoms with Gasteiger partial charge in [0.25, 0.3) is 5.91 Å². The second kappa shape index (κ2) is 13.4. The Bertz CT molecular complexity index is 1620. The highest BCUT2D eigenvalue weighted by Crippen LogP contribution is 2.45. The summed E-state index contributed by atoms with van der Waals surface area (Å²) in [7, 11) is -3.95. The molecule has 8 nitrogen and oxygen atoms in total. The van der Waals surface area contributed by atoms with Crippen LogP contribution < -0.4 is 4.31 Å². The van der Waals surface area contributed by atoms with Crippen LogP contribution in [-0.4, -0.2) is 54.2 Å². The molecule has 0 bridgehead atoms. The molecule has 1 unspecified atom stereocenters. The third-order valence-corrected chi connectivity index (χ3v) is 10.8. The molecule has 2 fully saturated rings. The van der Waals surface area contributed by atoms with E-state index in [0.717, 1.165) is 4.31 Å². The summed E-state index contributed by atoms with van der Waals surface area (Å²) in [5.74, 6) is -2.25. The Kier molecular flexibility index (Phi) is 9.84. The van der Waals surface area contributed by atoms with Crippen LogP contribution in [0.5, 0.6) is 0 Å². The van der Waals surface area contributed by atoms with Gasteiger partial charge < -0.3 is 14.7 Å². The van der Waals surface area contributed by atoms with Crippen LogP contribution in [0.2, 0.25) is 10.0 Å². The summed E-state index contributed by atoms with van der Waals surface area (Å²) < 4.78 is 50.2. The fourth-order valence-corrected chi connectivity index (χ4v) is 7.91. The molecule has 1 amide bonds. The van der Waals surface area contributed by atoms with E-state index in [9.17, 15) is 23.1 Å². The first kappa shape index (κ1) is 32.2. The molecular formula is C32H33Cl2FN2O6S. The van der Waals surface area contributed by atoms with Crippen molar-refractivity contribution >= 4 is 50.8 Å². The Labute approximate surface area is 266 Å². The SMILES string of the molecule is CC[C@@H](CN(c1ccccc1F)S(=O)(=O)C1CC1)N1C(=O)[C@H](CCC(=O)O)O[C@H](c2cccc(Cl)c2)C1c1ccc(Cl)cc1. The molecule has 1 heterocycles. The van der Waals surface area contributed by atoms with Crippen molar-refractivity contribution in [3.05, 3.63) is 99.8 Å². The van der Waals surface area contributed by atoms with Crippen molar-refractivity contribution in [1.29, 1.82) is 0 Å². The maximum absolute atomic E-state index is 15.2. The molecule has 5 rings (SSSR count). The lowest BCUT2D eigenvalue weighted by Crippen LogP contribution is -2.58. The molecule has 3 aromatic rings. The number of carbonyl (C=O) groups excluding carboxylic acids is 1. The zero-order valence-electron chi connectivity index (χ0n) is 24.0. The zero-order valence-corrected chi connectivity index (χ0v) is 26.3. The van der Waals surface area contributed by atoms with Crippen LogP contribution in [0, 0.1) is 5.82 Å². The summed E-state index contributed by atoms with van der Waals surface area (Å²) in [6.45, 7) is 1.62. The summed E-state index contributed by atoms with van der Waals surface area (Å²) in [5.41, 5.74) is 1.24. The predicted molar refractivity (Wildman–Crippen MR) is 167 cm³/mol. The van der Waals surface area contributed by atoms with Gasteiger partial charge in [-0.15, -0.1) is 0 Å². The lowest BCUT2D eigenvalue weighted by atomic mass is 9.89. The Morgan fingerprint density at radius 3 is 2.36 bits per heavy atom. The molecule has 234 valence electrons. The summed E-state index contributed by atoms with van der Waals surface area (Å²) in [4.78, 5) is 27.5. The highest BCUT2D eigenvalue weighted by atomic mass is 35.5. The summed E-state index contributed by atoms with van der Waals surface area (Å²) in [6, 6.07) is 18.1. The van der Waals surface area contributed by atoms with Gasteiger partial charge in [-0.05, 0) is 73.2 Å². The number of hydrogen-bond acceptors (Lipinski definition) is 5. The molecule has 1 aliphatic carbocycles. The van der Waals surface area contributed by atoms with E-state index in [1.165, 1.54) is 18.2 Å². The number of amides is 1. The number of carbonyl (C=O) groups is 2. The maximum Gasteiger partial charge on any atom is 0.303 e. The number of morpholine rings is 1. The van der Waals surface area contributed by atoms with Crippen molar-refractivity contribution < 1.29 is 32.2 Å². The van der Waals surface area contributed by atoms with Gasteiger partial charge >= 0.3 is 5.97 Å². The van der Waals surface area contributed by atoms with Crippen molar-refractivity contribution in [3.8, 4) is 0 Å². The van der Waals surface area contributed by atoms with Gasteiger partial charge in [0.15, 0.2) is 0 Å². The number of halogens is 3. The van der Waals surface area contributed by atoms with Crippen molar-refractivity contribution in [2.75, 3.05) is 10.8 Å². The highest BCUT2D eigenvalue weighted by Gasteiger charge is 2.48. The number of benzene rings is 3. The van der Waals surface area contributed by atoms with Crippen LogP contribution in [0.25, 0.3) is 0 Å².